The van der Waals surface area contributed by atoms with E-state index in [2.05, 4.69) is 4.72 Å². The molecule has 0 amide bonds. The number of ether oxygens (including phenoxy) is 1. The van der Waals surface area contributed by atoms with E-state index in [0.29, 0.717) is 0 Å². The summed E-state index contributed by atoms with van der Waals surface area (Å²) in [7, 11) is -3.90. The Morgan fingerprint density at radius 2 is 1.79 bits per heavy atom. The molecule has 24 heavy (non-hydrogen) atoms. The van der Waals surface area contributed by atoms with Crippen molar-refractivity contribution in [2.75, 3.05) is 6.26 Å². The Hall–Kier alpha value is -0.665. The van der Waals surface area contributed by atoms with Crippen LogP contribution in [0.25, 0.3) is 0 Å². The third kappa shape index (κ3) is 3.78. The zero-order valence-electron chi connectivity index (χ0n) is 14.9. The fraction of sp³-hybridized carbons (Fsp3) is 0.750. The lowest BCUT2D eigenvalue weighted by Gasteiger charge is -2.32. The van der Waals surface area contributed by atoms with Crippen LogP contribution in [0, 0.1) is 0 Å². The Labute approximate surface area is 144 Å². The Bertz CT molecular complexity index is 650. The van der Waals surface area contributed by atoms with Gasteiger partial charge in [-0.1, -0.05) is 18.2 Å². The standard InChI is InChI=1S/C16H26BNO5S/c1-15(2)16(3,4)23-17(22-15)12-7-6-8-13(18-24(5,19)20)14(12)21-11-9-10-11/h6-8,11,13-14,18H,9-10H2,1-5H3. The first-order chi connectivity index (χ1) is 11.0. The van der Waals surface area contributed by atoms with Gasteiger partial charge in [-0.05, 0) is 46.0 Å². The summed E-state index contributed by atoms with van der Waals surface area (Å²) in [5, 5.41) is 0. The third-order valence-electron chi connectivity index (χ3n) is 5.00. The molecule has 0 aromatic rings. The number of rotatable bonds is 5. The Balaban J connectivity index is 1.85. The van der Waals surface area contributed by atoms with Crippen LogP contribution >= 0.6 is 0 Å². The molecule has 0 spiro atoms. The van der Waals surface area contributed by atoms with Gasteiger partial charge in [0.15, 0.2) is 0 Å². The molecular formula is C16H26BNO5S. The first-order valence-corrected chi connectivity index (χ1v) is 10.2. The highest BCUT2D eigenvalue weighted by atomic mass is 32.2. The van der Waals surface area contributed by atoms with Crippen LogP contribution in [0.1, 0.15) is 40.5 Å². The maximum Gasteiger partial charge on any atom is 0.493 e. The van der Waals surface area contributed by atoms with E-state index in [0.717, 1.165) is 24.6 Å². The predicted molar refractivity (Wildman–Crippen MR) is 93.0 cm³/mol. The fourth-order valence-corrected chi connectivity index (χ4v) is 3.50. The van der Waals surface area contributed by atoms with Crippen LogP contribution in [-0.4, -0.2) is 51.2 Å². The normalized spacial score (nSPS) is 32.0. The average Bonchev–Trinajstić information content (AvgIpc) is 3.17. The zero-order valence-corrected chi connectivity index (χ0v) is 15.7. The lowest BCUT2D eigenvalue weighted by atomic mass is 9.71. The van der Waals surface area contributed by atoms with E-state index in [-0.39, 0.29) is 6.10 Å². The van der Waals surface area contributed by atoms with Gasteiger partial charge in [-0.15, -0.1) is 0 Å². The SMILES string of the molecule is CC1(C)OB(C2=CC=CC(NS(C)(=O)=O)C2OC2CC2)OC1(C)C. The quantitative estimate of drug-likeness (QED) is 0.758. The van der Waals surface area contributed by atoms with Gasteiger partial charge in [0.1, 0.15) is 0 Å². The van der Waals surface area contributed by atoms with Crippen LogP contribution in [0.2, 0.25) is 0 Å². The van der Waals surface area contributed by atoms with E-state index in [4.69, 9.17) is 14.0 Å². The van der Waals surface area contributed by atoms with Crippen molar-refractivity contribution in [1.82, 2.24) is 4.72 Å². The second-order valence-corrected chi connectivity index (χ2v) is 9.59. The third-order valence-corrected chi connectivity index (χ3v) is 5.70. The van der Waals surface area contributed by atoms with E-state index < -0.39 is 40.5 Å². The highest BCUT2D eigenvalue weighted by Gasteiger charge is 2.54. The number of hydrogen-bond acceptors (Lipinski definition) is 5. The summed E-state index contributed by atoms with van der Waals surface area (Å²) >= 11 is 0. The van der Waals surface area contributed by atoms with Crippen LogP contribution < -0.4 is 4.72 Å². The Kier molecular flexibility index (Phi) is 4.50. The summed E-state index contributed by atoms with van der Waals surface area (Å²) in [6, 6.07) is -0.459. The summed E-state index contributed by atoms with van der Waals surface area (Å²) in [5.41, 5.74) is -0.0863. The van der Waals surface area contributed by atoms with E-state index in [9.17, 15) is 8.42 Å². The molecule has 3 rings (SSSR count). The van der Waals surface area contributed by atoms with E-state index >= 15 is 0 Å². The molecule has 2 fully saturated rings. The minimum atomic E-state index is -3.35. The Morgan fingerprint density at radius 1 is 1.21 bits per heavy atom. The van der Waals surface area contributed by atoms with Gasteiger partial charge in [0.05, 0.1) is 35.7 Å². The number of hydrogen-bond donors (Lipinski definition) is 1. The van der Waals surface area contributed by atoms with Gasteiger partial charge in [-0.25, -0.2) is 13.1 Å². The van der Waals surface area contributed by atoms with Gasteiger partial charge in [0, 0.05) is 0 Å². The maximum absolute atomic E-state index is 11.7. The molecule has 0 aromatic carbocycles. The molecule has 2 unspecified atom stereocenters. The molecule has 0 bridgehead atoms. The summed E-state index contributed by atoms with van der Waals surface area (Å²) in [4.78, 5) is 0. The first-order valence-electron chi connectivity index (χ1n) is 8.35. The van der Waals surface area contributed by atoms with Crippen molar-refractivity contribution >= 4 is 17.1 Å². The topological polar surface area (TPSA) is 73.9 Å². The molecule has 2 aliphatic carbocycles. The maximum atomic E-state index is 11.7. The van der Waals surface area contributed by atoms with Crippen molar-refractivity contribution in [3.63, 3.8) is 0 Å². The van der Waals surface area contributed by atoms with Crippen LogP contribution in [0.3, 0.4) is 0 Å². The van der Waals surface area contributed by atoms with Gasteiger partial charge in [-0.3, -0.25) is 0 Å². The zero-order chi connectivity index (χ0) is 17.8. The molecule has 134 valence electrons. The van der Waals surface area contributed by atoms with E-state index in [1.165, 1.54) is 0 Å². The molecule has 0 radical (unpaired) electrons. The molecule has 8 heteroatoms. The lowest BCUT2D eigenvalue weighted by molar-refractivity contribution is 0.00578. The van der Waals surface area contributed by atoms with Gasteiger partial charge in [-0.2, -0.15) is 0 Å². The highest BCUT2D eigenvalue weighted by molar-refractivity contribution is 7.88. The summed E-state index contributed by atoms with van der Waals surface area (Å²) in [6.45, 7) is 7.98. The molecule has 1 heterocycles. The molecule has 2 atom stereocenters. The molecular weight excluding hydrogens is 329 g/mol. The molecule has 3 aliphatic rings. The largest absolute Gasteiger partial charge is 0.493 e. The van der Waals surface area contributed by atoms with Crippen molar-refractivity contribution in [2.45, 2.75) is 70.0 Å². The number of allylic oxidation sites excluding steroid dienone is 2. The van der Waals surface area contributed by atoms with Crippen LogP contribution in [0.4, 0.5) is 0 Å². The van der Waals surface area contributed by atoms with Crippen molar-refractivity contribution in [3.05, 3.63) is 23.7 Å². The molecule has 6 nitrogen and oxygen atoms in total. The smallest absolute Gasteiger partial charge is 0.399 e. The Morgan fingerprint density at radius 3 is 2.29 bits per heavy atom. The first kappa shape index (κ1) is 18.1. The number of nitrogens with one attached hydrogen (secondary N) is 1. The second-order valence-electron chi connectivity index (χ2n) is 7.81. The summed E-state index contributed by atoms with van der Waals surface area (Å²) < 4.78 is 44.4. The van der Waals surface area contributed by atoms with Crippen LogP contribution in [-0.2, 0) is 24.1 Å². The van der Waals surface area contributed by atoms with Gasteiger partial charge < -0.3 is 14.0 Å². The molecule has 1 aliphatic heterocycles. The highest BCUT2D eigenvalue weighted by Crippen LogP contribution is 2.41. The molecule has 1 saturated heterocycles. The molecule has 1 N–H and O–H groups in total. The fourth-order valence-electron chi connectivity index (χ4n) is 2.80. The van der Waals surface area contributed by atoms with E-state index in [1.807, 2.05) is 45.9 Å². The second kappa shape index (κ2) is 5.95. The van der Waals surface area contributed by atoms with Gasteiger partial charge in [0.2, 0.25) is 10.0 Å². The monoisotopic (exact) mass is 355 g/mol. The van der Waals surface area contributed by atoms with Crippen molar-refractivity contribution in [3.8, 4) is 0 Å². The van der Waals surface area contributed by atoms with Crippen molar-refractivity contribution < 1.29 is 22.5 Å². The number of sulfonamides is 1. The van der Waals surface area contributed by atoms with E-state index in [1.54, 1.807) is 0 Å². The summed E-state index contributed by atoms with van der Waals surface area (Å²) in [5.74, 6) is 0. The van der Waals surface area contributed by atoms with Crippen molar-refractivity contribution in [2.24, 2.45) is 0 Å². The lowest BCUT2D eigenvalue weighted by Crippen LogP contribution is -2.48. The molecule has 1 saturated carbocycles. The summed E-state index contributed by atoms with van der Waals surface area (Å²) in [6.07, 6.45) is 8.46. The van der Waals surface area contributed by atoms with Crippen LogP contribution in [0.5, 0.6) is 0 Å². The van der Waals surface area contributed by atoms with Gasteiger partial charge >= 0.3 is 7.12 Å². The van der Waals surface area contributed by atoms with Crippen molar-refractivity contribution in [1.29, 1.82) is 0 Å². The minimum Gasteiger partial charge on any atom is -0.399 e. The van der Waals surface area contributed by atoms with Crippen LogP contribution in [0.15, 0.2) is 23.7 Å². The predicted octanol–water partition coefficient (Wildman–Crippen LogP) is 1.58. The van der Waals surface area contributed by atoms with Gasteiger partial charge in [0.25, 0.3) is 0 Å². The minimum absolute atomic E-state index is 0.177. The molecule has 0 aromatic heterocycles. The average molecular weight is 355 g/mol.